The van der Waals surface area contributed by atoms with Gasteiger partial charge in [-0.25, -0.2) is 4.39 Å². The molecule has 1 saturated carbocycles. The lowest BCUT2D eigenvalue weighted by atomic mass is 9.90. The number of aliphatic hydroxyl groups is 1. The molecular weight excluding hydrogens is 414 g/mol. The second kappa shape index (κ2) is 8.24. The topological polar surface area (TPSA) is 47.0 Å². The van der Waals surface area contributed by atoms with Crippen molar-refractivity contribution in [3.8, 4) is 0 Å². The Bertz CT molecular complexity index is 827. The Hall–Kier alpha value is -1.87. The highest BCUT2D eigenvalue weighted by Gasteiger charge is 2.51. The number of anilines is 1. The number of likely N-dealkylation sites (tertiary alicyclic amines) is 1. The lowest BCUT2D eigenvalue weighted by Gasteiger charge is -2.41. The third-order valence-corrected chi connectivity index (χ3v) is 7.20. The summed E-state index contributed by atoms with van der Waals surface area (Å²) in [5.41, 5.74) is -0.845. The summed E-state index contributed by atoms with van der Waals surface area (Å²) in [5, 5.41) is 10.3. The smallest absolute Gasteiger partial charge is 0.391 e. The molecule has 0 unspecified atom stereocenters. The van der Waals surface area contributed by atoms with E-state index in [-0.39, 0.29) is 23.1 Å². The Kier molecular flexibility index (Phi) is 5.93. The maximum absolute atomic E-state index is 14.0. The van der Waals surface area contributed by atoms with E-state index in [0.29, 0.717) is 26.2 Å². The van der Waals surface area contributed by atoms with Crippen LogP contribution in [0.15, 0.2) is 18.2 Å². The molecule has 1 aromatic carbocycles. The van der Waals surface area contributed by atoms with Crippen molar-refractivity contribution in [3.05, 3.63) is 29.6 Å². The van der Waals surface area contributed by atoms with Crippen molar-refractivity contribution in [1.82, 2.24) is 9.80 Å². The standard InChI is InChI=1S/C22H29F4N3O2/c1-15-20(31)28(9-2-8-27-10-7-21(5-6-21)19(30)14-27)11-12-29(15)16-3-4-17(18(23)13-16)22(24,25)26/h3-4,13,15,19,30H,2,5-12,14H2,1H3/t15-,19+/m0/s1. The Morgan fingerprint density at radius 2 is 1.87 bits per heavy atom. The molecule has 3 aliphatic rings. The van der Waals surface area contributed by atoms with Gasteiger partial charge in [0, 0.05) is 31.9 Å². The molecular formula is C22H29F4N3O2. The molecule has 1 spiro atoms. The normalized spacial score (nSPS) is 26.6. The summed E-state index contributed by atoms with van der Waals surface area (Å²) in [5.74, 6) is -1.44. The fourth-order valence-corrected chi connectivity index (χ4v) is 4.93. The van der Waals surface area contributed by atoms with Crippen LogP contribution in [0, 0.1) is 11.2 Å². The van der Waals surface area contributed by atoms with Crippen LogP contribution in [0.25, 0.3) is 0 Å². The Morgan fingerprint density at radius 1 is 1.13 bits per heavy atom. The van der Waals surface area contributed by atoms with E-state index in [1.807, 2.05) is 0 Å². The summed E-state index contributed by atoms with van der Waals surface area (Å²) in [7, 11) is 0. The van der Waals surface area contributed by atoms with E-state index in [1.165, 1.54) is 6.07 Å². The largest absolute Gasteiger partial charge is 0.419 e. The number of carbonyl (C=O) groups excluding carboxylic acids is 1. The Morgan fingerprint density at radius 3 is 2.48 bits per heavy atom. The van der Waals surface area contributed by atoms with Crippen LogP contribution in [-0.2, 0) is 11.0 Å². The van der Waals surface area contributed by atoms with Crippen LogP contribution in [0.5, 0.6) is 0 Å². The fraction of sp³-hybridized carbons (Fsp3) is 0.682. The first-order chi connectivity index (χ1) is 14.6. The van der Waals surface area contributed by atoms with Gasteiger partial charge in [0.05, 0.1) is 11.7 Å². The quantitative estimate of drug-likeness (QED) is 0.711. The maximum atomic E-state index is 14.0. The van der Waals surface area contributed by atoms with Crippen molar-refractivity contribution >= 4 is 11.6 Å². The zero-order valence-electron chi connectivity index (χ0n) is 17.7. The van der Waals surface area contributed by atoms with Crippen molar-refractivity contribution in [2.75, 3.05) is 44.2 Å². The van der Waals surface area contributed by atoms with Crippen molar-refractivity contribution in [2.45, 2.75) is 50.9 Å². The fourth-order valence-electron chi connectivity index (χ4n) is 4.93. The number of piperazine rings is 1. The SMILES string of the molecule is C[C@H]1C(=O)N(CCCN2CCC3(CC3)[C@H](O)C2)CCN1c1ccc(C(F)(F)F)c(F)c1. The second-order valence-corrected chi connectivity index (χ2v) is 9.14. The summed E-state index contributed by atoms with van der Waals surface area (Å²) in [4.78, 5) is 18.5. The van der Waals surface area contributed by atoms with Gasteiger partial charge in [-0.15, -0.1) is 0 Å². The predicted octanol–water partition coefficient (Wildman–Crippen LogP) is 3.12. The van der Waals surface area contributed by atoms with E-state index in [9.17, 15) is 27.5 Å². The van der Waals surface area contributed by atoms with Crippen molar-refractivity contribution in [3.63, 3.8) is 0 Å². The number of amides is 1. The number of alkyl halides is 3. The van der Waals surface area contributed by atoms with Gasteiger partial charge >= 0.3 is 6.18 Å². The third kappa shape index (κ3) is 4.53. The summed E-state index contributed by atoms with van der Waals surface area (Å²) in [6, 6.07) is 2.24. The third-order valence-electron chi connectivity index (χ3n) is 7.20. The Labute approximate surface area is 179 Å². The van der Waals surface area contributed by atoms with Crippen LogP contribution in [0.2, 0.25) is 0 Å². The molecule has 2 atom stereocenters. The second-order valence-electron chi connectivity index (χ2n) is 9.14. The highest BCUT2D eigenvalue weighted by atomic mass is 19.4. The zero-order chi connectivity index (χ0) is 22.4. The van der Waals surface area contributed by atoms with E-state index in [1.54, 1.807) is 16.7 Å². The van der Waals surface area contributed by atoms with Crippen LogP contribution >= 0.6 is 0 Å². The molecule has 0 bridgehead atoms. The first-order valence-corrected chi connectivity index (χ1v) is 10.9. The number of hydrogen-bond donors (Lipinski definition) is 1. The zero-order valence-corrected chi connectivity index (χ0v) is 17.7. The molecule has 5 nitrogen and oxygen atoms in total. The number of aliphatic hydroxyl groups excluding tert-OH is 1. The monoisotopic (exact) mass is 443 g/mol. The molecule has 1 aliphatic carbocycles. The van der Waals surface area contributed by atoms with Gasteiger partial charge in [0.25, 0.3) is 0 Å². The van der Waals surface area contributed by atoms with Gasteiger partial charge < -0.3 is 19.8 Å². The lowest BCUT2D eigenvalue weighted by molar-refractivity contribution is -0.140. The molecule has 2 saturated heterocycles. The van der Waals surface area contributed by atoms with E-state index in [2.05, 4.69) is 4.90 Å². The van der Waals surface area contributed by atoms with E-state index < -0.39 is 23.6 Å². The highest BCUT2D eigenvalue weighted by molar-refractivity contribution is 5.86. The number of halogens is 4. The molecule has 0 aromatic heterocycles. The number of carbonyl (C=O) groups is 1. The summed E-state index contributed by atoms with van der Waals surface area (Å²) in [6.45, 7) is 5.65. The molecule has 3 fully saturated rings. The minimum atomic E-state index is -4.74. The van der Waals surface area contributed by atoms with Crippen LogP contribution < -0.4 is 4.90 Å². The van der Waals surface area contributed by atoms with Gasteiger partial charge in [0.15, 0.2) is 0 Å². The van der Waals surface area contributed by atoms with Gasteiger partial charge in [0.2, 0.25) is 5.91 Å². The van der Waals surface area contributed by atoms with Gasteiger partial charge in [0.1, 0.15) is 11.9 Å². The highest BCUT2D eigenvalue weighted by Crippen LogP contribution is 2.53. The van der Waals surface area contributed by atoms with Gasteiger partial charge in [-0.05, 0) is 69.3 Å². The number of rotatable bonds is 5. The molecule has 2 aliphatic heterocycles. The minimum absolute atomic E-state index is 0.109. The number of β-amino-alcohol motifs (C(OH)–C–C–N with tert-alkyl or cyclic N) is 1. The first-order valence-electron chi connectivity index (χ1n) is 10.9. The van der Waals surface area contributed by atoms with Crippen molar-refractivity contribution < 1.29 is 27.5 Å². The molecule has 1 N–H and O–H groups in total. The predicted molar refractivity (Wildman–Crippen MR) is 108 cm³/mol. The number of hydrogen-bond acceptors (Lipinski definition) is 4. The van der Waals surface area contributed by atoms with Crippen LogP contribution in [-0.4, -0.2) is 72.2 Å². The van der Waals surface area contributed by atoms with Crippen LogP contribution in [0.1, 0.15) is 38.2 Å². The molecule has 31 heavy (non-hydrogen) atoms. The molecule has 172 valence electrons. The van der Waals surface area contributed by atoms with Gasteiger partial charge in [-0.3, -0.25) is 4.79 Å². The average Bonchev–Trinajstić information content (AvgIpc) is 3.48. The van der Waals surface area contributed by atoms with Gasteiger partial charge in [-0.1, -0.05) is 0 Å². The minimum Gasteiger partial charge on any atom is -0.391 e. The average molecular weight is 443 g/mol. The molecule has 0 radical (unpaired) electrons. The number of benzene rings is 1. The number of piperidine rings is 1. The maximum Gasteiger partial charge on any atom is 0.419 e. The molecule has 9 heteroatoms. The molecule has 4 rings (SSSR count). The Balaban J connectivity index is 1.29. The molecule has 2 heterocycles. The molecule has 1 aromatic rings. The van der Waals surface area contributed by atoms with E-state index in [4.69, 9.17) is 0 Å². The van der Waals surface area contributed by atoms with Crippen molar-refractivity contribution in [2.24, 2.45) is 5.41 Å². The lowest BCUT2D eigenvalue weighted by Crippen LogP contribution is -2.56. The van der Waals surface area contributed by atoms with Crippen LogP contribution in [0.3, 0.4) is 0 Å². The summed E-state index contributed by atoms with van der Waals surface area (Å²) in [6.07, 6.45) is -0.912. The summed E-state index contributed by atoms with van der Waals surface area (Å²) < 4.78 is 52.3. The van der Waals surface area contributed by atoms with E-state index >= 15 is 0 Å². The van der Waals surface area contributed by atoms with Crippen LogP contribution in [0.4, 0.5) is 23.2 Å². The van der Waals surface area contributed by atoms with E-state index in [0.717, 1.165) is 50.9 Å². The summed E-state index contributed by atoms with van der Waals surface area (Å²) >= 11 is 0. The number of nitrogens with zero attached hydrogens (tertiary/aromatic N) is 3. The van der Waals surface area contributed by atoms with Gasteiger partial charge in [-0.2, -0.15) is 13.2 Å². The first kappa shape index (κ1) is 22.3. The van der Waals surface area contributed by atoms with Crippen molar-refractivity contribution in [1.29, 1.82) is 0 Å². The molecule has 1 amide bonds.